The van der Waals surface area contributed by atoms with Crippen LogP contribution in [0.5, 0.6) is 0 Å². The SMILES string of the molecule is C=C1/N=C2\Nc3ccc(CN4CCC5(CC4)CN(CCc4cc(F)cc(F)c4)C5)cc3N2C[C@H](C)CCCC/C(NC)=C(/C=N)c2cc1cc(C)n2. The number of nitrogens with zero attached hydrogens (tertiary/aromatic N) is 5. The Hall–Kier alpha value is -4.41. The number of allylic oxidation sites excluding steroid dienone is 2. The van der Waals surface area contributed by atoms with Crippen LogP contribution >= 0.6 is 0 Å². The minimum atomic E-state index is -0.500. The van der Waals surface area contributed by atoms with Gasteiger partial charge in [0, 0.05) is 74.6 Å². The van der Waals surface area contributed by atoms with E-state index in [0.717, 1.165) is 123 Å². The van der Waals surface area contributed by atoms with Crippen molar-refractivity contribution in [1.29, 1.82) is 5.41 Å². The van der Waals surface area contributed by atoms with Gasteiger partial charge in [-0.3, -0.25) is 9.88 Å². The standard InChI is InChI=1S/C42H52F2N8/c1-28-7-5-6-8-37(46-4)36(23-45)39-21-33(17-29(2)47-39)30(3)48-41-49-38-10-9-32(20-40(38)52(41)24-28)25-50-15-12-42(13-16-50)26-51(27-42)14-11-31-18-34(43)22-35(44)19-31/h9-10,17-23,28,45-46H,3,5-8,11-16,24-27H2,1-2,4H3,(H,48,49)/b37-36+,45-23?/t28-/m1/s1. The molecule has 0 aliphatic carbocycles. The lowest BCUT2D eigenvalue weighted by atomic mass is 9.72. The van der Waals surface area contributed by atoms with Crippen LogP contribution in [0.25, 0.3) is 11.3 Å². The molecule has 2 saturated heterocycles. The summed E-state index contributed by atoms with van der Waals surface area (Å²) in [6, 6.07) is 14.6. The van der Waals surface area contributed by atoms with Crippen LogP contribution in [0.2, 0.25) is 0 Å². The molecule has 4 aliphatic heterocycles. The summed E-state index contributed by atoms with van der Waals surface area (Å²) in [5, 5.41) is 15.2. The molecule has 3 aromatic rings. The van der Waals surface area contributed by atoms with E-state index in [4.69, 9.17) is 15.4 Å². The molecule has 0 amide bonds. The van der Waals surface area contributed by atoms with Crippen LogP contribution in [0.15, 0.2) is 65.8 Å². The van der Waals surface area contributed by atoms with Crippen LogP contribution in [-0.2, 0) is 13.0 Å². The molecular formula is C42H52F2N8. The molecule has 7 rings (SSSR count). The number of aryl methyl sites for hydroxylation is 1. The molecule has 5 heterocycles. The molecule has 8 nitrogen and oxygen atoms in total. The van der Waals surface area contributed by atoms with Crippen molar-refractivity contribution in [3.63, 3.8) is 0 Å². The maximum atomic E-state index is 13.6. The van der Waals surface area contributed by atoms with Crippen LogP contribution in [0.1, 0.15) is 73.5 Å². The number of benzene rings is 2. The fourth-order valence-corrected chi connectivity index (χ4v) is 8.52. The Labute approximate surface area is 307 Å². The van der Waals surface area contributed by atoms with Crippen molar-refractivity contribution in [3.05, 3.63) is 101 Å². The Morgan fingerprint density at radius 2 is 1.79 bits per heavy atom. The van der Waals surface area contributed by atoms with Crippen LogP contribution < -0.4 is 15.5 Å². The Kier molecular flexibility index (Phi) is 10.6. The predicted octanol–water partition coefficient (Wildman–Crippen LogP) is 7.86. The highest BCUT2D eigenvalue weighted by Crippen LogP contribution is 2.41. The van der Waals surface area contributed by atoms with Gasteiger partial charge in [-0.2, -0.15) is 0 Å². The van der Waals surface area contributed by atoms with E-state index in [1.54, 1.807) is 0 Å². The van der Waals surface area contributed by atoms with E-state index < -0.39 is 11.6 Å². The number of aromatic nitrogens is 1. The van der Waals surface area contributed by atoms with E-state index in [1.165, 1.54) is 42.4 Å². The van der Waals surface area contributed by atoms with Gasteiger partial charge in [-0.25, -0.2) is 13.8 Å². The number of aliphatic imine (C=N–C) groups is 1. The smallest absolute Gasteiger partial charge is 0.208 e. The van der Waals surface area contributed by atoms with Crippen molar-refractivity contribution in [1.82, 2.24) is 20.1 Å². The van der Waals surface area contributed by atoms with Gasteiger partial charge < -0.3 is 25.8 Å². The summed E-state index contributed by atoms with van der Waals surface area (Å²) in [4.78, 5) is 17.3. The fraction of sp³-hybridized carbons (Fsp3) is 0.452. The minimum Gasteiger partial charge on any atom is -0.391 e. The summed E-state index contributed by atoms with van der Waals surface area (Å²) in [5.74, 6) is 0.246. The number of piperidine rings is 1. The molecule has 2 aromatic carbocycles. The third-order valence-corrected chi connectivity index (χ3v) is 11.4. The third-order valence-electron chi connectivity index (χ3n) is 11.4. The first kappa shape index (κ1) is 36.0. The zero-order chi connectivity index (χ0) is 36.4. The van der Waals surface area contributed by atoms with Gasteiger partial charge in [-0.15, -0.1) is 0 Å². The van der Waals surface area contributed by atoms with E-state index >= 15 is 0 Å². The first-order chi connectivity index (χ1) is 25.1. The summed E-state index contributed by atoms with van der Waals surface area (Å²) in [7, 11) is 1.93. The first-order valence-electron chi connectivity index (χ1n) is 18.9. The molecule has 0 radical (unpaired) electrons. The Balaban J connectivity index is 1.02. The Morgan fingerprint density at radius 3 is 2.52 bits per heavy atom. The fourth-order valence-electron chi connectivity index (χ4n) is 8.52. The lowest BCUT2D eigenvalue weighted by Gasteiger charge is -2.54. The molecule has 0 unspecified atom stereocenters. The summed E-state index contributed by atoms with van der Waals surface area (Å²) >= 11 is 0. The largest absolute Gasteiger partial charge is 0.391 e. The number of rotatable bonds is 7. The number of halogens is 2. The van der Waals surface area contributed by atoms with Crippen LogP contribution in [-0.4, -0.2) is 73.3 Å². The molecule has 3 N–H and O–H groups in total. The highest BCUT2D eigenvalue weighted by molar-refractivity contribution is 6.16. The number of likely N-dealkylation sites (tertiary alicyclic amines) is 2. The molecular weight excluding hydrogens is 655 g/mol. The third kappa shape index (κ3) is 7.98. The molecule has 1 aromatic heterocycles. The van der Waals surface area contributed by atoms with E-state index in [9.17, 15) is 8.78 Å². The van der Waals surface area contributed by atoms with Gasteiger partial charge in [-0.1, -0.05) is 26.0 Å². The first-order valence-corrected chi connectivity index (χ1v) is 18.9. The van der Waals surface area contributed by atoms with Crippen LogP contribution in [0, 0.1) is 35.3 Å². The molecule has 1 atom stereocenters. The molecule has 0 saturated carbocycles. The average molecular weight is 707 g/mol. The number of anilines is 2. The molecule has 1 spiro atoms. The Morgan fingerprint density at radius 1 is 1.02 bits per heavy atom. The second-order valence-electron chi connectivity index (χ2n) is 15.5. The van der Waals surface area contributed by atoms with Crippen LogP contribution in [0.3, 0.4) is 0 Å². The van der Waals surface area contributed by atoms with Crippen molar-refractivity contribution in [3.8, 4) is 0 Å². The van der Waals surface area contributed by atoms with Gasteiger partial charge in [0.05, 0.1) is 22.8 Å². The highest BCUT2D eigenvalue weighted by atomic mass is 19.1. The van der Waals surface area contributed by atoms with Gasteiger partial charge in [0.25, 0.3) is 0 Å². The van der Waals surface area contributed by atoms with Crippen molar-refractivity contribution in [2.24, 2.45) is 16.3 Å². The monoisotopic (exact) mass is 706 g/mol. The van der Waals surface area contributed by atoms with Crippen LogP contribution in [0.4, 0.5) is 20.2 Å². The second-order valence-corrected chi connectivity index (χ2v) is 15.5. The molecule has 52 heavy (non-hydrogen) atoms. The van der Waals surface area contributed by atoms with Gasteiger partial charge in [0.1, 0.15) is 11.6 Å². The zero-order valence-corrected chi connectivity index (χ0v) is 30.9. The summed E-state index contributed by atoms with van der Waals surface area (Å²) in [6.07, 6.45) is 8.53. The summed E-state index contributed by atoms with van der Waals surface area (Å²) < 4.78 is 27.2. The van der Waals surface area contributed by atoms with Crippen molar-refractivity contribution >= 4 is 34.8 Å². The number of hydrogen-bond acceptors (Lipinski definition) is 8. The Bertz CT molecular complexity index is 1860. The van der Waals surface area contributed by atoms with Gasteiger partial charge in [0.15, 0.2) is 0 Å². The van der Waals surface area contributed by atoms with Crippen molar-refractivity contribution in [2.45, 2.75) is 65.3 Å². The number of pyridine rings is 1. The average Bonchev–Trinajstić information content (AvgIpc) is 3.42. The summed E-state index contributed by atoms with van der Waals surface area (Å²) in [6.45, 7) is 15.6. The van der Waals surface area contributed by atoms with Gasteiger partial charge >= 0.3 is 0 Å². The summed E-state index contributed by atoms with van der Waals surface area (Å²) in [5.41, 5.74) is 9.66. The van der Waals surface area contributed by atoms with E-state index in [2.05, 4.69) is 57.0 Å². The van der Waals surface area contributed by atoms with Gasteiger partial charge in [0.2, 0.25) is 5.96 Å². The van der Waals surface area contributed by atoms with Crippen molar-refractivity contribution < 1.29 is 8.78 Å². The normalized spacial score (nSPS) is 23.4. The number of hydrogen-bond donors (Lipinski definition) is 3. The van der Waals surface area contributed by atoms with E-state index in [-0.39, 0.29) is 0 Å². The minimum absolute atomic E-state index is 0.367. The lowest BCUT2D eigenvalue weighted by molar-refractivity contribution is -0.0469. The quantitative estimate of drug-likeness (QED) is 0.217. The lowest BCUT2D eigenvalue weighted by Crippen LogP contribution is -2.60. The molecule has 2 fully saturated rings. The molecule has 2 bridgehead atoms. The molecule has 10 heteroatoms. The maximum absolute atomic E-state index is 13.6. The van der Waals surface area contributed by atoms with Crippen molar-refractivity contribution in [2.75, 3.05) is 56.5 Å². The zero-order valence-electron chi connectivity index (χ0n) is 30.9. The van der Waals surface area contributed by atoms with E-state index in [1.807, 2.05) is 26.1 Å². The highest BCUT2D eigenvalue weighted by Gasteiger charge is 2.44. The van der Waals surface area contributed by atoms with E-state index in [0.29, 0.717) is 23.5 Å². The number of fused-ring (bicyclic) bond motifs is 5. The van der Waals surface area contributed by atoms with Gasteiger partial charge in [-0.05, 0) is 117 Å². The maximum Gasteiger partial charge on any atom is 0.208 e. The number of nitrogens with one attached hydrogen (secondary N) is 3. The predicted molar refractivity (Wildman–Crippen MR) is 209 cm³/mol. The molecule has 4 aliphatic rings. The molecule has 274 valence electrons. The topological polar surface area (TPSA) is 82.9 Å². The second kappa shape index (κ2) is 15.3. The number of guanidine groups is 1.